The van der Waals surface area contributed by atoms with Crippen molar-refractivity contribution in [3.05, 3.63) is 28.8 Å². The van der Waals surface area contributed by atoms with Crippen LogP contribution in [0.1, 0.15) is 12.5 Å². The van der Waals surface area contributed by atoms with E-state index in [1.807, 2.05) is 20.0 Å². The van der Waals surface area contributed by atoms with Crippen LogP contribution in [0.4, 0.5) is 0 Å². The van der Waals surface area contributed by atoms with Crippen molar-refractivity contribution in [3.8, 4) is 5.75 Å². The Bertz CT molecular complexity index is 383. The fraction of sp³-hybridized carbons (Fsp3) is 0.417. The van der Waals surface area contributed by atoms with Crippen molar-refractivity contribution in [2.24, 2.45) is 0 Å². The van der Waals surface area contributed by atoms with Gasteiger partial charge < -0.3 is 15.4 Å². The number of hydrogen-bond donors (Lipinski definition) is 2. The van der Waals surface area contributed by atoms with Crippen molar-refractivity contribution in [1.29, 1.82) is 0 Å². The molecule has 0 radical (unpaired) electrons. The first-order chi connectivity index (χ1) is 8.17. The molecule has 5 heteroatoms. The average molecular weight is 257 g/mol. The summed E-state index contributed by atoms with van der Waals surface area (Å²) in [5, 5.41) is 6.35. The van der Waals surface area contributed by atoms with Gasteiger partial charge in [0, 0.05) is 23.7 Å². The SMILES string of the molecule is CCNC(=O)COc1ccc(Cl)cc1CNC. The summed E-state index contributed by atoms with van der Waals surface area (Å²) in [7, 11) is 1.84. The lowest BCUT2D eigenvalue weighted by Crippen LogP contribution is -2.28. The number of carbonyl (C=O) groups is 1. The number of carbonyl (C=O) groups excluding carboxylic acids is 1. The lowest BCUT2D eigenvalue weighted by Gasteiger charge is -2.11. The van der Waals surface area contributed by atoms with Crippen LogP contribution < -0.4 is 15.4 Å². The minimum atomic E-state index is -0.127. The Kier molecular flexibility index (Phi) is 5.80. The molecule has 1 aromatic rings. The molecule has 0 atom stereocenters. The zero-order valence-corrected chi connectivity index (χ0v) is 10.8. The summed E-state index contributed by atoms with van der Waals surface area (Å²) in [6.07, 6.45) is 0. The van der Waals surface area contributed by atoms with Crippen molar-refractivity contribution in [1.82, 2.24) is 10.6 Å². The molecule has 4 nitrogen and oxygen atoms in total. The molecule has 0 spiro atoms. The van der Waals surface area contributed by atoms with Crippen LogP contribution in [0.2, 0.25) is 5.02 Å². The first kappa shape index (κ1) is 13.8. The Morgan fingerprint density at radius 2 is 2.24 bits per heavy atom. The molecule has 0 aliphatic rings. The number of amides is 1. The van der Waals surface area contributed by atoms with E-state index >= 15 is 0 Å². The molecule has 0 unspecified atom stereocenters. The van der Waals surface area contributed by atoms with Crippen LogP contribution in [0.15, 0.2) is 18.2 Å². The molecular weight excluding hydrogens is 240 g/mol. The summed E-state index contributed by atoms with van der Waals surface area (Å²) in [6.45, 7) is 3.14. The monoisotopic (exact) mass is 256 g/mol. The third-order valence-corrected chi connectivity index (χ3v) is 2.36. The van der Waals surface area contributed by atoms with Crippen molar-refractivity contribution in [2.75, 3.05) is 20.2 Å². The van der Waals surface area contributed by atoms with Gasteiger partial charge in [-0.1, -0.05) is 11.6 Å². The molecule has 0 aliphatic heterocycles. The summed E-state index contributed by atoms with van der Waals surface area (Å²) < 4.78 is 5.45. The maximum absolute atomic E-state index is 11.3. The molecule has 0 heterocycles. The predicted molar refractivity (Wildman–Crippen MR) is 68.4 cm³/mol. The summed E-state index contributed by atoms with van der Waals surface area (Å²) in [5.41, 5.74) is 0.935. The van der Waals surface area contributed by atoms with E-state index in [-0.39, 0.29) is 12.5 Å². The third-order valence-electron chi connectivity index (χ3n) is 2.12. The smallest absolute Gasteiger partial charge is 0.257 e. The Balaban J connectivity index is 2.66. The van der Waals surface area contributed by atoms with Gasteiger partial charge in [-0.05, 0) is 32.2 Å². The summed E-state index contributed by atoms with van der Waals surface area (Å²) in [6, 6.07) is 5.34. The largest absolute Gasteiger partial charge is 0.483 e. The molecule has 1 aromatic carbocycles. The summed E-state index contributed by atoms with van der Waals surface area (Å²) >= 11 is 5.90. The number of nitrogens with one attached hydrogen (secondary N) is 2. The second-order valence-corrected chi connectivity index (χ2v) is 3.96. The Morgan fingerprint density at radius 3 is 2.88 bits per heavy atom. The number of ether oxygens (including phenoxy) is 1. The van der Waals surface area contributed by atoms with Crippen LogP contribution >= 0.6 is 11.6 Å². The lowest BCUT2D eigenvalue weighted by molar-refractivity contribution is -0.122. The van der Waals surface area contributed by atoms with Gasteiger partial charge in [-0.15, -0.1) is 0 Å². The number of rotatable bonds is 6. The van der Waals surface area contributed by atoms with Gasteiger partial charge in [0.25, 0.3) is 5.91 Å². The molecule has 0 aliphatic carbocycles. The second-order valence-electron chi connectivity index (χ2n) is 3.52. The standard InChI is InChI=1S/C12H17ClN2O2/c1-3-15-12(16)8-17-11-5-4-10(13)6-9(11)7-14-2/h4-6,14H,3,7-8H2,1-2H3,(H,15,16). The van der Waals surface area contributed by atoms with E-state index < -0.39 is 0 Å². The molecular formula is C12H17ClN2O2. The fourth-order valence-corrected chi connectivity index (χ4v) is 1.60. The number of likely N-dealkylation sites (N-methyl/N-ethyl adjacent to an activating group) is 1. The first-order valence-electron chi connectivity index (χ1n) is 5.50. The van der Waals surface area contributed by atoms with Crippen LogP contribution in [0, 0.1) is 0 Å². The molecule has 17 heavy (non-hydrogen) atoms. The molecule has 0 fully saturated rings. The Hall–Kier alpha value is -1.26. The average Bonchev–Trinajstić information content (AvgIpc) is 2.29. The molecule has 0 saturated carbocycles. The maximum Gasteiger partial charge on any atom is 0.257 e. The minimum Gasteiger partial charge on any atom is -0.483 e. The van der Waals surface area contributed by atoms with Crippen molar-refractivity contribution in [3.63, 3.8) is 0 Å². The van der Waals surface area contributed by atoms with E-state index in [1.165, 1.54) is 0 Å². The van der Waals surface area contributed by atoms with Crippen molar-refractivity contribution in [2.45, 2.75) is 13.5 Å². The van der Waals surface area contributed by atoms with E-state index in [4.69, 9.17) is 16.3 Å². The quantitative estimate of drug-likeness (QED) is 0.813. The van der Waals surface area contributed by atoms with Gasteiger partial charge in [-0.25, -0.2) is 0 Å². The third kappa shape index (κ3) is 4.63. The lowest BCUT2D eigenvalue weighted by atomic mass is 10.2. The van der Waals surface area contributed by atoms with Gasteiger partial charge >= 0.3 is 0 Å². The number of benzene rings is 1. The Labute approximate surface area is 106 Å². The van der Waals surface area contributed by atoms with Gasteiger partial charge in [-0.3, -0.25) is 4.79 Å². The molecule has 2 N–H and O–H groups in total. The first-order valence-corrected chi connectivity index (χ1v) is 5.87. The van der Waals surface area contributed by atoms with E-state index in [2.05, 4.69) is 10.6 Å². The van der Waals surface area contributed by atoms with Crippen molar-refractivity contribution >= 4 is 17.5 Å². The van der Waals surface area contributed by atoms with E-state index in [0.29, 0.717) is 23.9 Å². The van der Waals surface area contributed by atoms with Gasteiger partial charge in [0.15, 0.2) is 6.61 Å². The highest BCUT2D eigenvalue weighted by Gasteiger charge is 2.06. The van der Waals surface area contributed by atoms with Crippen molar-refractivity contribution < 1.29 is 9.53 Å². The van der Waals surface area contributed by atoms with Gasteiger partial charge in [-0.2, -0.15) is 0 Å². The normalized spacial score (nSPS) is 10.1. The van der Waals surface area contributed by atoms with Gasteiger partial charge in [0.2, 0.25) is 0 Å². The predicted octanol–water partition coefficient (Wildman–Crippen LogP) is 1.57. The van der Waals surface area contributed by atoms with Gasteiger partial charge in [0.1, 0.15) is 5.75 Å². The highest BCUT2D eigenvalue weighted by molar-refractivity contribution is 6.30. The maximum atomic E-state index is 11.3. The van der Waals surface area contributed by atoms with E-state index in [1.54, 1.807) is 12.1 Å². The van der Waals surface area contributed by atoms with Crippen LogP contribution in [-0.4, -0.2) is 26.1 Å². The zero-order valence-electron chi connectivity index (χ0n) is 10.0. The fourth-order valence-electron chi connectivity index (χ4n) is 1.41. The second kappa shape index (κ2) is 7.14. The zero-order chi connectivity index (χ0) is 12.7. The highest BCUT2D eigenvalue weighted by Crippen LogP contribution is 2.22. The van der Waals surface area contributed by atoms with Crippen LogP contribution in [-0.2, 0) is 11.3 Å². The summed E-state index contributed by atoms with van der Waals surface area (Å²) in [5.74, 6) is 0.549. The van der Waals surface area contributed by atoms with Gasteiger partial charge in [0.05, 0.1) is 0 Å². The van der Waals surface area contributed by atoms with Crippen LogP contribution in [0.3, 0.4) is 0 Å². The topological polar surface area (TPSA) is 50.4 Å². The minimum absolute atomic E-state index is 0.0200. The Morgan fingerprint density at radius 1 is 1.47 bits per heavy atom. The molecule has 0 bridgehead atoms. The molecule has 0 saturated heterocycles. The number of hydrogen-bond acceptors (Lipinski definition) is 3. The highest BCUT2D eigenvalue weighted by atomic mass is 35.5. The molecule has 1 amide bonds. The van der Waals surface area contributed by atoms with Crippen LogP contribution in [0.25, 0.3) is 0 Å². The van der Waals surface area contributed by atoms with Crippen LogP contribution in [0.5, 0.6) is 5.75 Å². The molecule has 94 valence electrons. The summed E-state index contributed by atoms with van der Waals surface area (Å²) in [4.78, 5) is 11.3. The number of halogens is 1. The molecule has 0 aromatic heterocycles. The molecule has 1 rings (SSSR count). The van der Waals surface area contributed by atoms with E-state index in [9.17, 15) is 4.79 Å². The van der Waals surface area contributed by atoms with E-state index in [0.717, 1.165) is 5.56 Å².